The van der Waals surface area contributed by atoms with Crippen LogP contribution >= 0.6 is 23.2 Å². The second-order valence-electron chi connectivity index (χ2n) is 8.15. The maximum atomic E-state index is 13.4. The maximum absolute atomic E-state index is 13.4. The van der Waals surface area contributed by atoms with Crippen LogP contribution in [0.2, 0.25) is 0 Å². The molecule has 0 bridgehead atoms. The van der Waals surface area contributed by atoms with Crippen molar-refractivity contribution in [1.82, 2.24) is 4.90 Å². The predicted octanol–water partition coefficient (Wildman–Crippen LogP) is 3.80. The maximum Gasteiger partial charge on any atom is 0.227 e. The molecule has 1 saturated carbocycles. The largest absolute Gasteiger partial charge is 0.497 e. The number of benzene rings is 1. The Morgan fingerprint density at radius 3 is 2.43 bits per heavy atom. The number of carbonyl (C=O) groups excluding carboxylic acids is 1. The summed E-state index contributed by atoms with van der Waals surface area (Å²) in [6, 6.07) is 7.15. The minimum atomic E-state index is -3.11. The fraction of sp³-hybridized carbons (Fsp3) is 0.550. The van der Waals surface area contributed by atoms with E-state index in [-0.39, 0.29) is 45.2 Å². The lowest BCUT2D eigenvalue weighted by molar-refractivity contribution is -0.136. The predicted molar refractivity (Wildman–Crippen MR) is 111 cm³/mol. The molecule has 2 fully saturated rings. The summed E-state index contributed by atoms with van der Waals surface area (Å²) < 4.78 is 29.4. The minimum Gasteiger partial charge on any atom is -0.497 e. The van der Waals surface area contributed by atoms with Crippen LogP contribution in [0.5, 0.6) is 5.75 Å². The second kappa shape index (κ2) is 7.88. The van der Waals surface area contributed by atoms with Gasteiger partial charge in [0.15, 0.2) is 9.84 Å². The summed E-state index contributed by atoms with van der Waals surface area (Å²) in [5.74, 6) is 0.505. The number of carbonyl (C=O) groups is 1. The number of hydrogen-bond donors (Lipinski definition) is 0. The van der Waals surface area contributed by atoms with Crippen LogP contribution in [-0.2, 0) is 21.2 Å². The smallest absolute Gasteiger partial charge is 0.227 e. The van der Waals surface area contributed by atoms with Gasteiger partial charge < -0.3 is 9.64 Å². The molecule has 0 N–H and O–H groups in total. The van der Waals surface area contributed by atoms with Crippen molar-refractivity contribution in [2.24, 2.45) is 17.3 Å². The number of allylic oxidation sites excluding steroid dienone is 1. The van der Waals surface area contributed by atoms with Crippen molar-refractivity contribution in [3.8, 4) is 5.75 Å². The molecule has 154 valence electrons. The van der Waals surface area contributed by atoms with E-state index in [0.717, 1.165) is 11.3 Å². The third-order valence-electron chi connectivity index (χ3n) is 5.93. The summed E-state index contributed by atoms with van der Waals surface area (Å²) in [5, 5.41) is 0. The summed E-state index contributed by atoms with van der Waals surface area (Å²) in [5.41, 5.74) is 0.668. The van der Waals surface area contributed by atoms with Crippen LogP contribution in [0, 0.1) is 17.3 Å². The molecule has 1 aliphatic heterocycles. The average Bonchev–Trinajstić information content (AvgIpc) is 2.95. The van der Waals surface area contributed by atoms with E-state index in [9.17, 15) is 13.2 Å². The Kier molecular flexibility index (Phi) is 6.04. The van der Waals surface area contributed by atoms with Crippen molar-refractivity contribution < 1.29 is 17.9 Å². The van der Waals surface area contributed by atoms with Crippen molar-refractivity contribution in [1.29, 1.82) is 0 Å². The van der Waals surface area contributed by atoms with Crippen molar-refractivity contribution in [2.75, 3.05) is 18.6 Å². The first-order chi connectivity index (χ1) is 13.0. The van der Waals surface area contributed by atoms with Gasteiger partial charge in [0.25, 0.3) is 0 Å². The van der Waals surface area contributed by atoms with E-state index in [1.807, 2.05) is 38.1 Å². The molecule has 0 spiro atoms. The Labute approximate surface area is 176 Å². The van der Waals surface area contributed by atoms with Crippen LogP contribution < -0.4 is 4.74 Å². The zero-order valence-electron chi connectivity index (χ0n) is 16.2. The molecule has 3 atom stereocenters. The molecule has 3 rings (SSSR count). The zero-order valence-corrected chi connectivity index (χ0v) is 18.5. The Morgan fingerprint density at radius 2 is 1.93 bits per heavy atom. The van der Waals surface area contributed by atoms with Gasteiger partial charge in [0.2, 0.25) is 5.91 Å². The van der Waals surface area contributed by atoms with Crippen LogP contribution in [0.4, 0.5) is 0 Å². The van der Waals surface area contributed by atoms with E-state index in [4.69, 9.17) is 27.9 Å². The van der Waals surface area contributed by atoms with E-state index in [0.29, 0.717) is 13.0 Å². The Morgan fingerprint density at radius 1 is 1.29 bits per heavy atom. The van der Waals surface area contributed by atoms with E-state index in [1.54, 1.807) is 18.1 Å². The molecule has 1 amide bonds. The quantitative estimate of drug-likeness (QED) is 0.667. The highest BCUT2D eigenvalue weighted by molar-refractivity contribution is 7.91. The van der Waals surface area contributed by atoms with Gasteiger partial charge in [0, 0.05) is 12.6 Å². The number of hydrogen-bond acceptors (Lipinski definition) is 4. The number of halogens is 2. The number of nitrogens with zero attached hydrogens (tertiary/aromatic N) is 1. The molecule has 1 aromatic rings. The monoisotopic (exact) mass is 445 g/mol. The fourth-order valence-corrected chi connectivity index (χ4v) is 6.11. The van der Waals surface area contributed by atoms with E-state index in [2.05, 4.69) is 0 Å². The summed E-state index contributed by atoms with van der Waals surface area (Å²) in [6.07, 6.45) is 2.18. The van der Waals surface area contributed by atoms with Gasteiger partial charge in [-0.2, -0.15) is 0 Å². The van der Waals surface area contributed by atoms with Crippen molar-refractivity contribution in [3.05, 3.63) is 40.4 Å². The molecular formula is C20H25Cl2NO4S. The third kappa shape index (κ3) is 4.50. The molecule has 1 saturated heterocycles. The average molecular weight is 446 g/mol. The molecule has 1 aliphatic carbocycles. The molecule has 0 aromatic heterocycles. The zero-order chi connectivity index (χ0) is 20.7. The SMILES string of the molecule is COc1ccc(CN(C(=O)[C@@H]2[C@H](C=C(Cl)Cl)C2(C)C)[C@H]2CCS(=O)(=O)C2)cc1. The number of rotatable bonds is 6. The van der Waals surface area contributed by atoms with Crippen LogP contribution in [-0.4, -0.2) is 43.9 Å². The highest BCUT2D eigenvalue weighted by atomic mass is 35.5. The van der Waals surface area contributed by atoms with Crippen molar-refractivity contribution >= 4 is 38.9 Å². The van der Waals surface area contributed by atoms with E-state index >= 15 is 0 Å². The summed E-state index contributed by atoms with van der Waals surface area (Å²) in [7, 11) is -1.52. The van der Waals surface area contributed by atoms with Gasteiger partial charge in [-0.15, -0.1) is 0 Å². The summed E-state index contributed by atoms with van der Waals surface area (Å²) in [6.45, 7) is 4.37. The highest BCUT2D eigenvalue weighted by Crippen LogP contribution is 2.60. The first-order valence-corrected chi connectivity index (χ1v) is 11.8. The van der Waals surface area contributed by atoms with E-state index in [1.165, 1.54) is 0 Å². The van der Waals surface area contributed by atoms with Crippen LogP contribution in [0.1, 0.15) is 25.8 Å². The minimum absolute atomic E-state index is 0.0127. The van der Waals surface area contributed by atoms with Crippen LogP contribution in [0.15, 0.2) is 34.8 Å². The third-order valence-corrected chi connectivity index (χ3v) is 7.93. The van der Waals surface area contributed by atoms with Gasteiger partial charge in [0.1, 0.15) is 10.2 Å². The molecule has 0 unspecified atom stereocenters. The van der Waals surface area contributed by atoms with Gasteiger partial charge in [-0.1, -0.05) is 49.2 Å². The molecule has 1 aromatic carbocycles. The van der Waals surface area contributed by atoms with Gasteiger partial charge in [0.05, 0.1) is 24.5 Å². The van der Waals surface area contributed by atoms with Gasteiger partial charge >= 0.3 is 0 Å². The van der Waals surface area contributed by atoms with E-state index < -0.39 is 9.84 Å². The van der Waals surface area contributed by atoms with Gasteiger partial charge in [-0.25, -0.2) is 8.42 Å². The lowest BCUT2D eigenvalue weighted by Gasteiger charge is -2.29. The number of amides is 1. The Hall–Kier alpha value is -1.24. The standard InChI is InChI=1S/C20H25Cl2NO4S/c1-20(2)16(10-17(21)22)18(20)19(24)23(14-8-9-28(25,26)12-14)11-13-4-6-15(27-3)7-5-13/h4-7,10,14,16,18H,8-9,11-12H2,1-3H3/t14-,16-,18-/m0/s1. The lowest BCUT2D eigenvalue weighted by atomic mass is 10.1. The molecule has 8 heteroatoms. The number of ether oxygens (including phenoxy) is 1. The molecule has 1 heterocycles. The highest BCUT2D eigenvalue weighted by Gasteiger charge is 2.62. The molecule has 0 radical (unpaired) electrons. The summed E-state index contributed by atoms with van der Waals surface area (Å²) in [4.78, 5) is 15.2. The lowest BCUT2D eigenvalue weighted by Crippen LogP contribution is -2.42. The number of methoxy groups -OCH3 is 1. The second-order valence-corrected chi connectivity index (χ2v) is 11.4. The topological polar surface area (TPSA) is 63.7 Å². The Balaban J connectivity index is 1.86. The molecular weight excluding hydrogens is 421 g/mol. The first-order valence-electron chi connectivity index (χ1n) is 9.22. The van der Waals surface area contributed by atoms with Crippen molar-refractivity contribution in [2.45, 2.75) is 32.9 Å². The van der Waals surface area contributed by atoms with Gasteiger partial charge in [-0.3, -0.25) is 4.79 Å². The fourth-order valence-electron chi connectivity index (χ4n) is 4.11. The summed E-state index contributed by atoms with van der Waals surface area (Å²) >= 11 is 11.6. The van der Waals surface area contributed by atoms with Crippen LogP contribution in [0.3, 0.4) is 0 Å². The molecule has 5 nitrogen and oxygen atoms in total. The number of sulfone groups is 1. The Bertz CT molecular complexity index is 876. The normalized spacial score (nSPS) is 27.1. The molecule has 2 aliphatic rings. The molecule has 28 heavy (non-hydrogen) atoms. The van der Waals surface area contributed by atoms with Crippen LogP contribution in [0.25, 0.3) is 0 Å². The van der Waals surface area contributed by atoms with Crippen molar-refractivity contribution in [3.63, 3.8) is 0 Å². The first kappa shape index (κ1) is 21.5. The van der Waals surface area contributed by atoms with Gasteiger partial charge in [-0.05, 0) is 41.5 Å².